The highest BCUT2D eigenvalue weighted by Gasteiger charge is 2.08. The fourth-order valence-corrected chi connectivity index (χ4v) is 2.78. The normalized spacial score (nSPS) is 12.4. The molecule has 0 saturated carbocycles. The van der Waals surface area contributed by atoms with Gasteiger partial charge in [-0.15, -0.1) is 11.8 Å². The average molecular weight is 279 g/mol. The van der Waals surface area contributed by atoms with Crippen LogP contribution in [0, 0.1) is 0 Å². The van der Waals surface area contributed by atoms with Gasteiger partial charge in [0.2, 0.25) is 0 Å². The van der Waals surface area contributed by atoms with E-state index >= 15 is 0 Å². The molecule has 0 aliphatic heterocycles. The van der Waals surface area contributed by atoms with Crippen molar-refractivity contribution in [2.75, 3.05) is 0 Å². The largest absolute Gasteiger partial charge is 0.324 e. The van der Waals surface area contributed by atoms with E-state index in [0.717, 1.165) is 21.4 Å². The molecule has 1 heterocycles. The van der Waals surface area contributed by atoms with Gasteiger partial charge in [-0.05, 0) is 30.7 Å². The Labute approximate surface area is 117 Å². The first-order valence-electron chi connectivity index (χ1n) is 5.74. The second-order valence-electron chi connectivity index (χ2n) is 4.10. The van der Waals surface area contributed by atoms with Crippen molar-refractivity contribution in [3.8, 4) is 0 Å². The van der Waals surface area contributed by atoms with Crippen molar-refractivity contribution in [1.29, 1.82) is 0 Å². The van der Waals surface area contributed by atoms with E-state index in [9.17, 15) is 0 Å². The van der Waals surface area contributed by atoms with Crippen molar-refractivity contribution in [1.82, 2.24) is 4.98 Å². The number of pyridine rings is 1. The van der Waals surface area contributed by atoms with E-state index in [4.69, 9.17) is 17.3 Å². The van der Waals surface area contributed by atoms with Gasteiger partial charge in [-0.1, -0.05) is 29.8 Å². The zero-order chi connectivity index (χ0) is 13.0. The molecule has 0 spiro atoms. The number of thioether (sulfide) groups is 1. The van der Waals surface area contributed by atoms with Crippen LogP contribution >= 0.6 is 23.4 Å². The van der Waals surface area contributed by atoms with Crippen LogP contribution in [0.4, 0.5) is 0 Å². The van der Waals surface area contributed by atoms with Gasteiger partial charge < -0.3 is 5.73 Å². The highest BCUT2D eigenvalue weighted by atomic mass is 35.5. The third-order valence-electron chi connectivity index (χ3n) is 2.58. The van der Waals surface area contributed by atoms with Gasteiger partial charge in [0.15, 0.2) is 0 Å². The predicted octanol–water partition coefficient (Wildman–Crippen LogP) is 4.05. The van der Waals surface area contributed by atoms with Gasteiger partial charge in [-0.3, -0.25) is 0 Å². The van der Waals surface area contributed by atoms with Crippen molar-refractivity contribution < 1.29 is 0 Å². The summed E-state index contributed by atoms with van der Waals surface area (Å²) in [6.45, 7) is 1.98. The van der Waals surface area contributed by atoms with Crippen LogP contribution in [0.2, 0.25) is 5.02 Å². The van der Waals surface area contributed by atoms with E-state index in [1.54, 1.807) is 18.0 Å². The van der Waals surface area contributed by atoms with E-state index in [2.05, 4.69) is 4.98 Å². The minimum Gasteiger partial charge on any atom is -0.324 e. The lowest BCUT2D eigenvalue weighted by Gasteiger charge is -2.10. The number of rotatable bonds is 4. The molecule has 1 atom stereocenters. The standard InChI is InChI=1S/C14H15ClN2S/c1-10(16)13-3-2-8-17-14(13)18-9-11-4-6-12(15)7-5-11/h2-8,10H,9,16H2,1H3. The van der Waals surface area contributed by atoms with Gasteiger partial charge in [-0.25, -0.2) is 4.98 Å². The summed E-state index contributed by atoms with van der Waals surface area (Å²) in [6.07, 6.45) is 1.80. The highest BCUT2D eigenvalue weighted by molar-refractivity contribution is 7.98. The van der Waals surface area contributed by atoms with Crippen LogP contribution in [-0.2, 0) is 5.75 Å². The van der Waals surface area contributed by atoms with Crippen molar-refractivity contribution in [3.05, 3.63) is 58.7 Å². The predicted molar refractivity (Wildman–Crippen MR) is 77.9 cm³/mol. The lowest BCUT2D eigenvalue weighted by molar-refractivity contribution is 0.779. The number of nitrogens with two attached hydrogens (primary N) is 1. The Morgan fingerprint density at radius 3 is 2.67 bits per heavy atom. The molecule has 2 N–H and O–H groups in total. The molecule has 18 heavy (non-hydrogen) atoms. The molecule has 0 radical (unpaired) electrons. The number of hydrogen-bond acceptors (Lipinski definition) is 3. The molecule has 1 aromatic heterocycles. The maximum Gasteiger partial charge on any atom is 0.101 e. The van der Waals surface area contributed by atoms with E-state index in [0.29, 0.717) is 0 Å². The number of hydrogen-bond donors (Lipinski definition) is 1. The smallest absolute Gasteiger partial charge is 0.101 e. The second-order valence-corrected chi connectivity index (χ2v) is 5.50. The minimum absolute atomic E-state index is 0.00594. The Morgan fingerprint density at radius 1 is 1.28 bits per heavy atom. The van der Waals surface area contributed by atoms with Crippen LogP contribution in [0.15, 0.2) is 47.6 Å². The first kappa shape index (κ1) is 13.4. The molecule has 2 nitrogen and oxygen atoms in total. The lowest BCUT2D eigenvalue weighted by Crippen LogP contribution is -2.07. The van der Waals surface area contributed by atoms with Crippen LogP contribution in [0.1, 0.15) is 24.1 Å². The monoisotopic (exact) mass is 278 g/mol. The van der Waals surface area contributed by atoms with E-state index in [-0.39, 0.29) is 6.04 Å². The molecule has 0 saturated heterocycles. The zero-order valence-corrected chi connectivity index (χ0v) is 11.7. The molecule has 4 heteroatoms. The molecule has 1 aromatic carbocycles. The van der Waals surface area contributed by atoms with Crippen molar-refractivity contribution in [2.45, 2.75) is 23.7 Å². The third kappa shape index (κ3) is 3.48. The Balaban J connectivity index is 2.08. The Kier molecular flexibility index (Phi) is 4.64. The summed E-state index contributed by atoms with van der Waals surface area (Å²) >= 11 is 7.56. The molecule has 94 valence electrons. The fourth-order valence-electron chi connectivity index (χ4n) is 1.60. The van der Waals surface area contributed by atoms with Gasteiger partial charge >= 0.3 is 0 Å². The molecule has 0 aliphatic rings. The van der Waals surface area contributed by atoms with Crippen molar-refractivity contribution >= 4 is 23.4 Å². The molecule has 2 rings (SSSR count). The molecule has 0 fully saturated rings. The maximum atomic E-state index is 5.93. The minimum atomic E-state index is 0.00594. The summed E-state index contributed by atoms with van der Waals surface area (Å²) in [5.41, 5.74) is 8.25. The van der Waals surface area contributed by atoms with Crippen molar-refractivity contribution in [2.24, 2.45) is 5.73 Å². The Hall–Kier alpha value is -1.03. The van der Waals surface area contributed by atoms with E-state index in [1.807, 2.05) is 43.3 Å². The number of aromatic nitrogens is 1. The summed E-state index contributed by atoms with van der Waals surface area (Å²) in [6, 6.07) is 11.8. The van der Waals surface area contributed by atoms with Crippen LogP contribution in [0.3, 0.4) is 0 Å². The lowest BCUT2D eigenvalue weighted by atomic mass is 10.2. The molecule has 0 bridgehead atoms. The summed E-state index contributed by atoms with van der Waals surface area (Å²) in [5, 5.41) is 1.76. The quantitative estimate of drug-likeness (QED) is 0.858. The molecule has 0 amide bonds. The molecular weight excluding hydrogens is 264 g/mol. The summed E-state index contributed by atoms with van der Waals surface area (Å²) in [4.78, 5) is 4.39. The first-order chi connectivity index (χ1) is 8.66. The average Bonchev–Trinajstić information content (AvgIpc) is 2.38. The van der Waals surface area contributed by atoms with Crippen LogP contribution in [0.25, 0.3) is 0 Å². The second kappa shape index (κ2) is 6.23. The molecule has 1 unspecified atom stereocenters. The topological polar surface area (TPSA) is 38.9 Å². The van der Waals surface area contributed by atoms with Gasteiger partial charge in [0.25, 0.3) is 0 Å². The van der Waals surface area contributed by atoms with Gasteiger partial charge in [0.1, 0.15) is 5.03 Å². The van der Waals surface area contributed by atoms with E-state index < -0.39 is 0 Å². The van der Waals surface area contributed by atoms with Gasteiger partial charge in [0.05, 0.1) is 0 Å². The highest BCUT2D eigenvalue weighted by Crippen LogP contribution is 2.27. The fraction of sp³-hybridized carbons (Fsp3) is 0.214. The summed E-state index contributed by atoms with van der Waals surface area (Å²) in [7, 11) is 0. The third-order valence-corrected chi connectivity index (χ3v) is 3.92. The SMILES string of the molecule is CC(N)c1cccnc1SCc1ccc(Cl)cc1. The van der Waals surface area contributed by atoms with Crippen molar-refractivity contribution in [3.63, 3.8) is 0 Å². The Morgan fingerprint density at radius 2 is 2.00 bits per heavy atom. The van der Waals surface area contributed by atoms with Crippen LogP contribution in [-0.4, -0.2) is 4.98 Å². The number of nitrogens with zero attached hydrogens (tertiary/aromatic N) is 1. The summed E-state index contributed by atoms with van der Waals surface area (Å²) < 4.78 is 0. The summed E-state index contributed by atoms with van der Waals surface area (Å²) in [5.74, 6) is 0.869. The number of halogens is 1. The van der Waals surface area contributed by atoms with Gasteiger partial charge in [0, 0.05) is 28.6 Å². The maximum absolute atomic E-state index is 5.93. The molecular formula is C14H15ClN2S. The number of benzene rings is 1. The van der Waals surface area contributed by atoms with Gasteiger partial charge in [-0.2, -0.15) is 0 Å². The van der Waals surface area contributed by atoms with Crippen LogP contribution in [0.5, 0.6) is 0 Å². The molecule has 2 aromatic rings. The first-order valence-corrected chi connectivity index (χ1v) is 7.11. The Bertz CT molecular complexity index is 511. The van der Waals surface area contributed by atoms with E-state index in [1.165, 1.54) is 5.56 Å². The zero-order valence-electron chi connectivity index (χ0n) is 10.1. The van der Waals surface area contributed by atoms with Crippen LogP contribution < -0.4 is 5.73 Å². The molecule has 0 aliphatic carbocycles.